The molecule has 1 aromatic carbocycles. The highest BCUT2D eigenvalue weighted by Gasteiger charge is 2.14. The molecule has 0 unspecified atom stereocenters. The van der Waals surface area contributed by atoms with Crippen LogP contribution in [-0.2, 0) is 6.42 Å². The fourth-order valence-corrected chi connectivity index (χ4v) is 3.18. The molecule has 1 N–H and O–H groups in total. The van der Waals surface area contributed by atoms with Crippen LogP contribution in [0.2, 0.25) is 0 Å². The number of hydrogen-bond acceptors (Lipinski definition) is 5. The monoisotopic (exact) mass is 391 g/mol. The smallest absolute Gasteiger partial charge is 0.296 e. The van der Waals surface area contributed by atoms with E-state index in [0.29, 0.717) is 10.8 Å². The molecule has 0 fully saturated rings. The van der Waals surface area contributed by atoms with Crippen LogP contribution in [-0.4, -0.2) is 16.0 Å². The Balaban J connectivity index is 1.68. The summed E-state index contributed by atoms with van der Waals surface area (Å²) in [6.45, 7) is 3.83. The molecule has 0 aliphatic heterocycles. The van der Waals surface area contributed by atoms with Crippen molar-refractivity contribution in [2.75, 3.05) is 5.32 Å². The summed E-state index contributed by atoms with van der Waals surface area (Å²) in [5.74, 6) is -0.159. The number of aryl methyl sites for hydroxylation is 2. The minimum atomic E-state index is -0.342. The van der Waals surface area contributed by atoms with E-state index in [1.165, 1.54) is 22.5 Å². The lowest BCUT2D eigenvalue weighted by Crippen LogP contribution is -2.10. The third-order valence-corrected chi connectivity index (χ3v) is 5.03. The normalized spacial score (nSPS) is 10.7. The van der Waals surface area contributed by atoms with Gasteiger partial charge in [-0.25, -0.2) is 4.98 Å². The fraction of sp³-hybridized carbons (Fsp3) is 0.188. The van der Waals surface area contributed by atoms with Crippen molar-refractivity contribution in [1.29, 1.82) is 0 Å². The minimum Gasteiger partial charge on any atom is -0.351 e. The van der Waals surface area contributed by atoms with E-state index in [-0.39, 0.29) is 11.7 Å². The minimum absolute atomic E-state index is 0.183. The van der Waals surface area contributed by atoms with Crippen molar-refractivity contribution in [3.05, 3.63) is 62.4 Å². The van der Waals surface area contributed by atoms with Crippen molar-refractivity contribution < 1.29 is 9.32 Å². The van der Waals surface area contributed by atoms with Gasteiger partial charge in [0, 0.05) is 28.0 Å². The highest BCUT2D eigenvalue weighted by Crippen LogP contribution is 2.24. The summed E-state index contributed by atoms with van der Waals surface area (Å²) in [5.41, 5.74) is 3.07. The molecule has 0 aliphatic rings. The van der Waals surface area contributed by atoms with Crippen molar-refractivity contribution >= 4 is 38.3 Å². The molecule has 3 rings (SSSR count). The number of nitrogens with one attached hydrogen (secondary N) is 1. The standard InChI is InChI=1S/C16H14BrN3O2S/c1-9-5-11(3-4-13(9)17)7-12-8-18-16(23-12)19-15(21)14-6-10(2)20-22-14/h3-6,8H,7H2,1-2H3,(H,18,19,21). The number of thiazole rings is 1. The van der Waals surface area contributed by atoms with E-state index >= 15 is 0 Å². The molecule has 2 aromatic heterocycles. The van der Waals surface area contributed by atoms with Crippen LogP contribution < -0.4 is 5.32 Å². The van der Waals surface area contributed by atoms with Gasteiger partial charge in [0.15, 0.2) is 5.13 Å². The van der Waals surface area contributed by atoms with Gasteiger partial charge in [-0.15, -0.1) is 11.3 Å². The molecule has 23 heavy (non-hydrogen) atoms. The van der Waals surface area contributed by atoms with Crippen LogP contribution in [0.25, 0.3) is 0 Å². The molecular weight excluding hydrogens is 378 g/mol. The summed E-state index contributed by atoms with van der Waals surface area (Å²) >= 11 is 4.95. The zero-order valence-corrected chi connectivity index (χ0v) is 15.0. The third kappa shape index (κ3) is 3.86. The molecule has 7 heteroatoms. The van der Waals surface area contributed by atoms with Gasteiger partial charge in [-0.2, -0.15) is 0 Å². The maximum absolute atomic E-state index is 12.0. The van der Waals surface area contributed by atoms with E-state index in [4.69, 9.17) is 4.52 Å². The lowest BCUT2D eigenvalue weighted by atomic mass is 10.1. The number of benzene rings is 1. The molecule has 0 saturated carbocycles. The van der Waals surface area contributed by atoms with Gasteiger partial charge in [0.2, 0.25) is 5.76 Å². The van der Waals surface area contributed by atoms with Crippen LogP contribution in [0.15, 0.2) is 39.5 Å². The predicted octanol–water partition coefficient (Wildman–Crippen LogP) is 4.35. The Morgan fingerprint density at radius 3 is 2.87 bits per heavy atom. The van der Waals surface area contributed by atoms with E-state index in [9.17, 15) is 4.79 Å². The van der Waals surface area contributed by atoms with Crippen molar-refractivity contribution in [3.63, 3.8) is 0 Å². The van der Waals surface area contributed by atoms with E-state index in [1.54, 1.807) is 19.2 Å². The lowest BCUT2D eigenvalue weighted by Gasteiger charge is -2.02. The van der Waals surface area contributed by atoms with Gasteiger partial charge in [0.05, 0.1) is 5.69 Å². The van der Waals surface area contributed by atoms with Gasteiger partial charge >= 0.3 is 0 Å². The van der Waals surface area contributed by atoms with Gasteiger partial charge in [0.25, 0.3) is 5.91 Å². The number of aromatic nitrogens is 2. The SMILES string of the molecule is Cc1cc(C(=O)Nc2ncc(Cc3ccc(Br)c(C)c3)s2)on1. The molecule has 0 atom stereocenters. The molecule has 118 valence electrons. The molecule has 1 amide bonds. The zero-order valence-electron chi connectivity index (χ0n) is 12.6. The lowest BCUT2D eigenvalue weighted by molar-refractivity contribution is 0.0988. The van der Waals surface area contributed by atoms with Gasteiger partial charge in [0.1, 0.15) is 0 Å². The largest absolute Gasteiger partial charge is 0.351 e. The number of amides is 1. The van der Waals surface area contributed by atoms with E-state index < -0.39 is 0 Å². The van der Waals surface area contributed by atoms with Crippen molar-refractivity contribution in [2.24, 2.45) is 0 Å². The second-order valence-corrected chi connectivity index (χ2v) is 7.15. The number of carbonyl (C=O) groups excluding carboxylic acids is 1. The highest BCUT2D eigenvalue weighted by molar-refractivity contribution is 9.10. The molecule has 5 nitrogen and oxygen atoms in total. The number of hydrogen-bond donors (Lipinski definition) is 1. The average Bonchev–Trinajstić information content (AvgIpc) is 3.12. The number of carbonyl (C=O) groups is 1. The molecule has 3 aromatic rings. The van der Waals surface area contributed by atoms with Crippen molar-refractivity contribution in [3.8, 4) is 0 Å². The first kappa shape index (κ1) is 15.9. The molecule has 0 saturated heterocycles. The second-order valence-electron chi connectivity index (χ2n) is 5.18. The van der Waals surface area contributed by atoms with E-state index in [2.05, 4.69) is 50.4 Å². The number of halogens is 1. The summed E-state index contributed by atoms with van der Waals surface area (Å²) in [6.07, 6.45) is 2.56. The Hall–Kier alpha value is -1.99. The van der Waals surface area contributed by atoms with Gasteiger partial charge < -0.3 is 4.52 Å². The Bertz CT molecular complexity index is 857. The number of rotatable bonds is 4. The average molecular weight is 392 g/mol. The molecule has 0 spiro atoms. The third-order valence-electron chi connectivity index (χ3n) is 3.23. The quantitative estimate of drug-likeness (QED) is 0.717. The fourth-order valence-electron chi connectivity index (χ4n) is 2.09. The Kier molecular flexibility index (Phi) is 4.58. The molecule has 0 bridgehead atoms. The summed E-state index contributed by atoms with van der Waals surface area (Å²) in [5, 5.41) is 6.97. The number of nitrogens with zero attached hydrogens (tertiary/aromatic N) is 2. The Labute approximate surface area is 145 Å². The molecule has 0 aliphatic carbocycles. The first-order chi connectivity index (χ1) is 11.0. The predicted molar refractivity (Wildman–Crippen MR) is 93.0 cm³/mol. The second kappa shape index (κ2) is 6.64. The molecule has 0 radical (unpaired) electrons. The van der Waals surface area contributed by atoms with Gasteiger partial charge in [-0.05, 0) is 31.0 Å². The Morgan fingerprint density at radius 2 is 2.17 bits per heavy atom. The van der Waals surface area contributed by atoms with E-state index in [0.717, 1.165) is 15.8 Å². The van der Waals surface area contributed by atoms with Crippen LogP contribution >= 0.6 is 27.3 Å². The zero-order chi connectivity index (χ0) is 16.4. The topological polar surface area (TPSA) is 68.0 Å². The summed E-state index contributed by atoms with van der Waals surface area (Å²) in [6, 6.07) is 7.85. The maximum atomic E-state index is 12.0. The van der Waals surface area contributed by atoms with E-state index in [1.807, 2.05) is 6.07 Å². The van der Waals surface area contributed by atoms with Crippen molar-refractivity contribution in [1.82, 2.24) is 10.1 Å². The van der Waals surface area contributed by atoms with Crippen LogP contribution in [0.4, 0.5) is 5.13 Å². The summed E-state index contributed by atoms with van der Waals surface area (Å²) in [4.78, 5) is 17.3. The first-order valence-electron chi connectivity index (χ1n) is 6.95. The number of anilines is 1. The summed E-state index contributed by atoms with van der Waals surface area (Å²) in [7, 11) is 0. The van der Waals surface area contributed by atoms with Crippen LogP contribution in [0.1, 0.15) is 32.3 Å². The van der Waals surface area contributed by atoms with Crippen molar-refractivity contribution in [2.45, 2.75) is 20.3 Å². The molecule has 2 heterocycles. The van der Waals surface area contributed by atoms with Crippen LogP contribution in [0.3, 0.4) is 0 Å². The summed E-state index contributed by atoms with van der Waals surface area (Å²) < 4.78 is 6.03. The van der Waals surface area contributed by atoms with Crippen LogP contribution in [0.5, 0.6) is 0 Å². The molecular formula is C16H14BrN3O2S. The Morgan fingerprint density at radius 1 is 1.35 bits per heavy atom. The first-order valence-corrected chi connectivity index (χ1v) is 8.56. The highest BCUT2D eigenvalue weighted by atomic mass is 79.9. The maximum Gasteiger partial charge on any atom is 0.296 e. The van der Waals surface area contributed by atoms with Crippen LogP contribution in [0, 0.1) is 13.8 Å². The van der Waals surface area contributed by atoms with Gasteiger partial charge in [-0.3, -0.25) is 10.1 Å². The van der Waals surface area contributed by atoms with Gasteiger partial charge in [-0.1, -0.05) is 33.2 Å².